The van der Waals surface area contributed by atoms with Crippen molar-refractivity contribution in [2.45, 2.75) is 39.0 Å². The first-order valence-electron chi connectivity index (χ1n) is 9.94. The summed E-state index contributed by atoms with van der Waals surface area (Å²) in [5.74, 6) is 3.99. The van der Waals surface area contributed by atoms with E-state index < -0.39 is 0 Å². The molecule has 6 bridgehead atoms. The first kappa shape index (κ1) is 13.9. The predicted molar refractivity (Wildman–Crippen MR) is 89.6 cm³/mol. The minimum absolute atomic E-state index is 0.0767. The highest BCUT2D eigenvalue weighted by Gasteiger charge is 2.62. The van der Waals surface area contributed by atoms with E-state index in [9.17, 15) is 9.59 Å². The fourth-order valence-electron chi connectivity index (χ4n) is 7.68. The molecule has 1 aliphatic heterocycles. The number of carbonyl (C=O) groups is 2. The Morgan fingerprint density at radius 3 is 1.79 bits per heavy atom. The summed E-state index contributed by atoms with van der Waals surface area (Å²) < 4.78 is 0. The number of amides is 2. The van der Waals surface area contributed by atoms with E-state index in [4.69, 9.17) is 0 Å². The van der Waals surface area contributed by atoms with E-state index in [-0.39, 0.29) is 35.5 Å². The number of allylic oxidation sites excluding steroid dienone is 4. The molecule has 0 radical (unpaired) electrons. The summed E-state index contributed by atoms with van der Waals surface area (Å²) in [6.45, 7) is 2.45. The fourth-order valence-corrected chi connectivity index (χ4v) is 7.68. The lowest BCUT2D eigenvalue weighted by Gasteiger charge is -2.52. The van der Waals surface area contributed by atoms with E-state index in [1.807, 2.05) is 6.92 Å². The second-order valence-corrected chi connectivity index (χ2v) is 9.12. The van der Waals surface area contributed by atoms with Crippen LogP contribution in [-0.4, -0.2) is 23.3 Å². The molecule has 126 valence electrons. The molecule has 7 aliphatic rings. The molecule has 1 heterocycles. The number of hydrogen-bond donors (Lipinski definition) is 0. The number of carbonyl (C=O) groups excluding carboxylic acids is 2. The van der Waals surface area contributed by atoms with Gasteiger partial charge >= 0.3 is 0 Å². The van der Waals surface area contributed by atoms with Gasteiger partial charge in [-0.05, 0) is 62.7 Å². The molecule has 3 nitrogen and oxygen atoms in total. The van der Waals surface area contributed by atoms with E-state index in [2.05, 4.69) is 12.2 Å². The van der Waals surface area contributed by atoms with Crippen molar-refractivity contribution in [3.63, 3.8) is 0 Å². The predicted octanol–water partition coefficient (Wildman–Crippen LogP) is 3.18. The van der Waals surface area contributed by atoms with Gasteiger partial charge in [0.2, 0.25) is 11.8 Å². The number of likely N-dealkylation sites (tertiary alicyclic amines) is 1. The second kappa shape index (κ2) is 4.42. The molecule has 7 rings (SSSR count). The molecule has 0 unspecified atom stereocenters. The maximum absolute atomic E-state index is 12.8. The Morgan fingerprint density at radius 1 is 0.833 bits per heavy atom. The van der Waals surface area contributed by atoms with Crippen molar-refractivity contribution in [2.24, 2.45) is 47.3 Å². The summed E-state index contributed by atoms with van der Waals surface area (Å²) in [6.07, 6.45) is 11.5. The molecule has 24 heavy (non-hydrogen) atoms. The Hall–Kier alpha value is -1.38. The van der Waals surface area contributed by atoms with Gasteiger partial charge in [-0.3, -0.25) is 14.5 Å². The van der Waals surface area contributed by atoms with Crippen molar-refractivity contribution in [3.8, 4) is 0 Å². The minimum atomic E-state index is -0.0767. The largest absolute Gasteiger partial charge is 0.282 e. The van der Waals surface area contributed by atoms with E-state index >= 15 is 0 Å². The lowest BCUT2D eigenvalue weighted by molar-refractivity contribution is -0.140. The minimum Gasteiger partial charge on any atom is -0.282 e. The smallest absolute Gasteiger partial charge is 0.234 e. The van der Waals surface area contributed by atoms with Crippen LogP contribution in [0.5, 0.6) is 0 Å². The lowest BCUT2D eigenvalue weighted by atomic mass is 9.53. The van der Waals surface area contributed by atoms with E-state index in [0.29, 0.717) is 6.54 Å². The zero-order chi connectivity index (χ0) is 16.2. The third-order valence-corrected chi connectivity index (χ3v) is 8.17. The number of imide groups is 1. The number of hydrogen-bond acceptors (Lipinski definition) is 2. The molecule has 5 saturated carbocycles. The van der Waals surface area contributed by atoms with Crippen LogP contribution in [0.25, 0.3) is 0 Å². The highest BCUT2D eigenvalue weighted by molar-refractivity contribution is 6.07. The quantitative estimate of drug-likeness (QED) is 0.549. The normalized spacial score (nSPS) is 50.6. The summed E-state index contributed by atoms with van der Waals surface area (Å²) in [6, 6.07) is 0. The van der Waals surface area contributed by atoms with Gasteiger partial charge in [0.25, 0.3) is 0 Å². The van der Waals surface area contributed by atoms with Crippen LogP contribution < -0.4 is 0 Å². The molecule has 0 N–H and O–H groups in total. The standard InChI is InChI=1S/C21H25NO2/c1-2-22-20(23)18-14-3-4-15(19(18)21(22)24)17(14)16-12-6-10-5-11(8-12)9-13(16)7-10/h3-4,10-15,18-19H,2,5-9H2,1H3/t10?,11?,12?,13?,14-,15-,18-,19+/m1/s1. The van der Waals surface area contributed by atoms with Crippen LogP contribution in [0.4, 0.5) is 0 Å². The molecular weight excluding hydrogens is 298 g/mol. The molecule has 0 aromatic carbocycles. The Labute approximate surface area is 143 Å². The molecule has 0 spiro atoms. The topological polar surface area (TPSA) is 37.4 Å². The number of fused-ring (bicyclic) bond motifs is 5. The van der Waals surface area contributed by atoms with Crippen LogP contribution in [0.2, 0.25) is 0 Å². The molecule has 0 aromatic heterocycles. The van der Waals surface area contributed by atoms with Crippen LogP contribution in [0, 0.1) is 47.3 Å². The Kier molecular flexibility index (Phi) is 2.55. The van der Waals surface area contributed by atoms with Gasteiger partial charge < -0.3 is 0 Å². The zero-order valence-corrected chi connectivity index (χ0v) is 14.3. The maximum atomic E-state index is 12.8. The van der Waals surface area contributed by atoms with Crippen molar-refractivity contribution >= 4 is 11.8 Å². The lowest BCUT2D eigenvalue weighted by Crippen LogP contribution is -2.41. The van der Waals surface area contributed by atoms with Crippen molar-refractivity contribution in [3.05, 3.63) is 23.3 Å². The average molecular weight is 323 g/mol. The van der Waals surface area contributed by atoms with E-state index in [1.54, 1.807) is 5.57 Å². The van der Waals surface area contributed by atoms with Gasteiger partial charge in [0.1, 0.15) is 0 Å². The maximum Gasteiger partial charge on any atom is 0.234 e. The molecule has 4 atom stereocenters. The summed E-state index contributed by atoms with van der Waals surface area (Å²) >= 11 is 0. The molecule has 6 fully saturated rings. The molecule has 6 aliphatic carbocycles. The molecule has 2 amide bonds. The number of nitrogens with zero attached hydrogens (tertiary/aromatic N) is 1. The summed E-state index contributed by atoms with van der Waals surface area (Å²) in [4.78, 5) is 27.1. The first-order valence-corrected chi connectivity index (χ1v) is 9.94. The second-order valence-electron chi connectivity index (χ2n) is 9.12. The average Bonchev–Trinajstić information content (AvgIpc) is 3.17. The van der Waals surface area contributed by atoms with E-state index in [1.165, 1.54) is 42.6 Å². The summed E-state index contributed by atoms with van der Waals surface area (Å²) in [5.41, 5.74) is 3.26. The molecule has 0 aromatic rings. The SMILES string of the molecule is CCN1C(=O)[C@@H]2[C@H](C1=O)[C@@H]1C=C[C@@H]2C1=C1C2CC3CC(C2)CC1C3. The Morgan fingerprint density at radius 2 is 1.33 bits per heavy atom. The van der Waals surface area contributed by atoms with Crippen molar-refractivity contribution in [1.82, 2.24) is 4.90 Å². The third-order valence-electron chi connectivity index (χ3n) is 8.17. The molecular formula is C21H25NO2. The van der Waals surface area contributed by atoms with E-state index in [0.717, 1.165) is 23.7 Å². The summed E-state index contributed by atoms with van der Waals surface area (Å²) in [7, 11) is 0. The fraction of sp³-hybridized carbons (Fsp3) is 0.714. The van der Waals surface area contributed by atoms with Gasteiger partial charge in [0, 0.05) is 18.4 Å². The molecule has 3 heteroatoms. The van der Waals surface area contributed by atoms with Gasteiger partial charge in [0.15, 0.2) is 0 Å². The van der Waals surface area contributed by atoms with Gasteiger partial charge in [-0.2, -0.15) is 0 Å². The van der Waals surface area contributed by atoms with Crippen molar-refractivity contribution in [1.29, 1.82) is 0 Å². The Bertz CT molecular complexity index is 653. The van der Waals surface area contributed by atoms with Crippen LogP contribution in [0.3, 0.4) is 0 Å². The van der Waals surface area contributed by atoms with Crippen LogP contribution in [-0.2, 0) is 9.59 Å². The van der Waals surface area contributed by atoms with Gasteiger partial charge in [-0.15, -0.1) is 0 Å². The highest BCUT2D eigenvalue weighted by atomic mass is 16.2. The molecule has 1 saturated heterocycles. The van der Waals surface area contributed by atoms with Gasteiger partial charge in [-0.1, -0.05) is 23.3 Å². The number of rotatable bonds is 1. The van der Waals surface area contributed by atoms with Gasteiger partial charge in [-0.25, -0.2) is 0 Å². The van der Waals surface area contributed by atoms with Crippen LogP contribution >= 0.6 is 0 Å². The van der Waals surface area contributed by atoms with Crippen molar-refractivity contribution < 1.29 is 9.59 Å². The first-order chi connectivity index (χ1) is 11.7. The van der Waals surface area contributed by atoms with Crippen molar-refractivity contribution in [2.75, 3.05) is 6.54 Å². The van der Waals surface area contributed by atoms with Crippen LogP contribution in [0.15, 0.2) is 23.3 Å². The van der Waals surface area contributed by atoms with Crippen LogP contribution in [0.1, 0.15) is 39.0 Å². The zero-order valence-electron chi connectivity index (χ0n) is 14.3. The van der Waals surface area contributed by atoms with Gasteiger partial charge in [0.05, 0.1) is 11.8 Å². The Balaban J connectivity index is 1.45. The highest BCUT2D eigenvalue weighted by Crippen LogP contribution is 2.63. The summed E-state index contributed by atoms with van der Waals surface area (Å²) in [5, 5.41) is 0. The third kappa shape index (κ3) is 1.46. The monoisotopic (exact) mass is 323 g/mol.